The third-order valence-corrected chi connectivity index (χ3v) is 5.82. The number of anilines is 2. The highest BCUT2D eigenvalue weighted by molar-refractivity contribution is 7.80. The van der Waals surface area contributed by atoms with E-state index in [2.05, 4.69) is 15.5 Å². The van der Waals surface area contributed by atoms with Gasteiger partial charge in [-0.15, -0.1) is 0 Å². The molecular formula is C27H25FN4O2S. The number of carbonyl (C=O) groups is 2. The lowest BCUT2D eigenvalue weighted by molar-refractivity contribution is -0.126. The zero-order chi connectivity index (χ0) is 24.6. The van der Waals surface area contributed by atoms with Crippen LogP contribution in [0.5, 0.6) is 0 Å². The molecule has 3 aromatic carbocycles. The minimum absolute atomic E-state index is 0.0156. The second kappa shape index (κ2) is 11.4. The third kappa shape index (κ3) is 6.74. The molecule has 1 heterocycles. The number of nitrogens with one attached hydrogen (secondary N) is 2. The molecule has 4 rings (SSSR count). The molecule has 2 N–H and O–H groups in total. The van der Waals surface area contributed by atoms with Gasteiger partial charge < -0.3 is 15.1 Å². The van der Waals surface area contributed by atoms with Gasteiger partial charge in [-0.1, -0.05) is 36.4 Å². The summed E-state index contributed by atoms with van der Waals surface area (Å²) in [4.78, 5) is 28.8. The molecule has 35 heavy (non-hydrogen) atoms. The Morgan fingerprint density at radius 2 is 1.60 bits per heavy atom. The van der Waals surface area contributed by atoms with E-state index in [1.165, 1.54) is 18.2 Å². The Labute approximate surface area is 209 Å². The summed E-state index contributed by atoms with van der Waals surface area (Å²) >= 11 is 5.20. The largest absolute Gasteiger partial charge is 0.368 e. The van der Waals surface area contributed by atoms with Gasteiger partial charge in [-0.25, -0.2) is 4.39 Å². The van der Waals surface area contributed by atoms with Crippen LogP contribution in [0.3, 0.4) is 0 Å². The lowest BCUT2D eigenvalue weighted by Gasteiger charge is -2.35. The number of rotatable bonds is 5. The fourth-order valence-corrected chi connectivity index (χ4v) is 3.96. The first kappa shape index (κ1) is 24.1. The Morgan fingerprint density at radius 3 is 2.29 bits per heavy atom. The van der Waals surface area contributed by atoms with Crippen LogP contribution < -0.4 is 15.5 Å². The molecule has 0 bridgehead atoms. The van der Waals surface area contributed by atoms with Crippen molar-refractivity contribution in [3.05, 3.63) is 102 Å². The molecule has 0 aromatic heterocycles. The quantitative estimate of drug-likeness (QED) is 0.414. The smallest absolute Gasteiger partial charge is 0.257 e. The first-order valence-corrected chi connectivity index (χ1v) is 11.6. The van der Waals surface area contributed by atoms with Gasteiger partial charge in [0.05, 0.1) is 0 Å². The lowest BCUT2D eigenvalue weighted by Crippen LogP contribution is -2.48. The normalized spacial score (nSPS) is 13.5. The summed E-state index contributed by atoms with van der Waals surface area (Å²) in [6.07, 6.45) is 3.47. The predicted molar refractivity (Wildman–Crippen MR) is 141 cm³/mol. The molecule has 1 saturated heterocycles. The van der Waals surface area contributed by atoms with Crippen LogP contribution in [0.4, 0.5) is 15.8 Å². The molecule has 1 aliphatic rings. The molecule has 178 valence electrons. The van der Waals surface area contributed by atoms with Gasteiger partial charge in [0.1, 0.15) is 5.82 Å². The highest BCUT2D eigenvalue weighted by atomic mass is 32.1. The molecule has 8 heteroatoms. The van der Waals surface area contributed by atoms with Crippen molar-refractivity contribution in [2.75, 3.05) is 36.4 Å². The molecule has 6 nitrogen and oxygen atoms in total. The Morgan fingerprint density at radius 1 is 0.886 bits per heavy atom. The van der Waals surface area contributed by atoms with Gasteiger partial charge in [0, 0.05) is 49.2 Å². The molecular weight excluding hydrogens is 463 g/mol. The van der Waals surface area contributed by atoms with E-state index in [0.29, 0.717) is 13.1 Å². The summed E-state index contributed by atoms with van der Waals surface area (Å²) in [5, 5.41) is 5.64. The average molecular weight is 489 g/mol. The predicted octanol–water partition coefficient (Wildman–Crippen LogP) is 4.31. The Bertz CT molecular complexity index is 1220. The van der Waals surface area contributed by atoms with Crippen molar-refractivity contribution in [1.82, 2.24) is 10.2 Å². The standard InChI is InChI=1S/C27H25FN4O2S/c28-22-8-4-7-21(19-22)26(34)30-27(35)29-23-10-12-24(13-11-23)31-15-17-32(18-16-31)25(33)14-9-20-5-2-1-3-6-20/h1-14,19H,15-18H2,(H2,29,30,34,35)/b14-9+. The van der Waals surface area contributed by atoms with E-state index in [9.17, 15) is 14.0 Å². The van der Waals surface area contributed by atoms with Crippen molar-refractivity contribution in [3.63, 3.8) is 0 Å². The van der Waals surface area contributed by atoms with E-state index in [4.69, 9.17) is 12.2 Å². The first-order chi connectivity index (χ1) is 17.0. The van der Waals surface area contributed by atoms with Gasteiger partial charge in [0.15, 0.2) is 5.11 Å². The molecule has 0 unspecified atom stereocenters. The van der Waals surface area contributed by atoms with Gasteiger partial charge in [-0.05, 0) is 66.3 Å². The monoisotopic (exact) mass is 488 g/mol. The maximum atomic E-state index is 13.3. The number of amides is 2. The van der Waals surface area contributed by atoms with Gasteiger partial charge in [-0.3, -0.25) is 14.9 Å². The topological polar surface area (TPSA) is 64.7 Å². The first-order valence-electron chi connectivity index (χ1n) is 11.2. The van der Waals surface area contributed by atoms with E-state index in [-0.39, 0.29) is 16.6 Å². The molecule has 0 spiro atoms. The summed E-state index contributed by atoms with van der Waals surface area (Å²) in [7, 11) is 0. The maximum absolute atomic E-state index is 13.3. The number of hydrogen-bond donors (Lipinski definition) is 2. The fraction of sp³-hybridized carbons (Fsp3) is 0.148. The van der Waals surface area contributed by atoms with E-state index in [1.807, 2.05) is 65.6 Å². The molecule has 1 aliphatic heterocycles. The van der Waals surface area contributed by atoms with Crippen LogP contribution in [0.15, 0.2) is 84.9 Å². The van der Waals surface area contributed by atoms with Crippen LogP contribution in [0.1, 0.15) is 15.9 Å². The number of nitrogens with zero attached hydrogens (tertiary/aromatic N) is 2. The van der Waals surface area contributed by atoms with Crippen LogP contribution in [0.25, 0.3) is 6.08 Å². The summed E-state index contributed by atoms with van der Waals surface area (Å²) in [5.74, 6) is -0.951. The average Bonchev–Trinajstić information content (AvgIpc) is 2.88. The Balaban J connectivity index is 1.25. The summed E-state index contributed by atoms with van der Waals surface area (Å²) in [6.45, 7) is 2.77. The minimum Gasteiger partial charge on any atom is -0.368 e. The number of hydrogen-bond acceptors (Lipinski definition) is 4. The van der Waals surface area contributed by atoms with Crippen molar-refractivity contribution >= 4 is 46.6 Å². The van der Waals surface area contributed by atoms with Crippen molar-refractivity contribution in [2.45, 2.75) is 0 Å². The minimum atomic E-state index is -0.485. The van der Waals surface area contributed by atoms with Gasteiger partial charge in [-0.2, -0.15) is 0 Å². The highest BCUT2D eigenvalue weighted by Crippen LogP contribution is 2.20. The summed E-state index contributed by atoms with van der Waals surface area (Å²) in [6, 6.07) is 22.8. The van der Waals surface area contributed by atoms with E-state index < -0.39 is 11.7 Å². The highest BCUT2D eigenvalue weighted by Gasteiger charge is 2.20. The van der Waals surface area contributed by atoms with Crippen LogP contribution in [-0.4, -0.2) is 48.0 Å². The molecule has 0 aliphatic carbocycles. The van der Waals surface area contributed by atoms with Gasteiger partial charge in [0.25, 0.3) is 5.91 Å². The van der Waals surface area contributed by atoms with E-state index in [1.54, 1.807) is 6.08 Å². The van der Waals surface area contributed by atoms with Crippen molar-refractivity contribution in [3.8, 4) is 0 Å². The van der Waals surface area contributed by atoms with Crippen molar-refractivity contribution < 1.29 is 14.0 Å². The third-order valence-electron chi connectivity index (χ3n) is 5.61. The molecule has 0 saturated carbocycles. The van der Waals surface area contributed by atoms with Crippen molar-refractivity contribution in [2.24, 2.45) is 0 Å². The number of halogens is 1. The van der Waals surface area contributed by atoms with Gasteiger partial charge >= 0.3 is 0 Å². The second-order valence-corrected chi connectivity index (χ2v) is 8.43. The molecule has 2 amide bonds. The fourth-order valence-electron chi connectivity index (χ4n) is 3.75. The van der Waals surface area contributed by atoms with Crippen molar-refractivity contribution in [1.29, 1.82) is 0 Å². The van der Waals surface area contributed by atoms with Crippen LogP contribution in [-0.2, 0) is 4.79 Å². The number of piperazine rings is 1. The maximum Gasteiger partial charge on any atom is 0.257 e. The number of carbonyl (C=O) groups excluding carboxylic acids is 2. The molecule has 3 aromatic rings. The summed E-state index contributed by atoms with van der Waals surface area (Å²) in [5.41, 5.74) is 2.95. The molecule has 0 atom stereocenters. The van der Waals surface area contributed by atoms with Crippen LogP contribution in [0.2, 0.25) is 0 Å². The van der Waals surface area contributed by atoms with Crippen LogP contribution >= 0.6 is 12.2 Å². The Kier molecular flexibility index (Phi) is 7.84. The van der Waals surface area contributed by atoms with Crippen LogP contribution in [0, 0.1) is 5.82 Å². The molecule has 0 radical (unpaired) electrons. The SMILES string of the molecule is O=C(NC(=S)Nc1ccc(N2CCN(C(=O)/C=C/c3ccccc3)CC2)cc1)c1cccc(F)c1. The number of benzene rings is 3. The molecule has 1 fully saturated rings. The number of thiocarbonyl (C=S) groups is 1. The van der Waals surface area contributed by atoms with Gasteiger partial charge in [0.2, 0.25) is 5.91 Å². The second-order valence-electron chi connectivity index (χ2n) is 8.02. The zero-order valence-electron chi connectivity index (χ0n) is 19.0. The Hall–Kier alpha value is -4.04. The zero-order valence-corrected chi connectivity index (χ0v) is 19.8. The lowest BCUT2D eigenvalue weighted by atomic mass is 10.2. The van der Waals surface area contributed by atoms with E-state index in [0.717, 1.165) is 36.1 Å². The van der Waals surface area contributed by atoms with E-state index >= 15 is 0 Å². The summed E-state index contributed by atoms with van der Waals surface area (Å²) < 4.78 is 13.3.